The highest BCUT2D eigenvalue weighted by molar-refractivity contribution is 5.96. The predicted molar refractivity (Wildman–Crippen MR) is 96.3 cm³/mol. The summed E-state index contributed by atoms with van der Waals surface area (Å²) in [6.07, 6.45) is 0.709. The van der Waals surface area contributed by atoms with Crippen LogP contribution in [-0.4, -0.2) is 35.1 Å². The Morgan fingerprint density at radius 2 is 2.00 bits per heavy atom. The maximum atomic E-state index is 13.7. The molecule has 2 rings (SSSR count). The Hall–Kier alpha value is -2.90. The molecule has 1 heterocycles. The first kappa shape index (κ1) is 19.4. The van der Waals surface area contributed by atoms with E-state index in [1.807, 2.05) is 13.8 Å². The number of rotatable bonds is 7. The third kappa shape index (κ3) is 5.87. The topological polar surface area (TPSA) is 87.5 Å². The predicted octanol–water partition coefficient (Wildman–Crippen LogP) is 3.64. The fourth-order valence-corrected chi connectivity index (χ4v) is 2.20. The van der Waals surface area contributed by atoms with Crippen molar-refractivity contribution in [3.63, 3.8) is 0 Å². The van der Waals surface area contributed by atoms with E-state index in [9.17, 15) is 14.0 Å². The van der Waals surface area contributed by atoms with Crippen LogP contribution in [0, 0.1) is 18.7 Å². The lowest BCUT2D eigenvalue weighted by molar-refractivity contribution is -0.116. The minimum absolute atomic E-state index is 0.0691. The van der Waals surface area contributed by atoms with Gasteiger partial charge >= 0.3 is 6.03 Å². The fraction of sp³-hybridized carbons (Fsp3) is 0.389. The van der Waals surface area contributed by atoms with Gasteiger partial charge in [0.05, 0.1) is 5.69 Å². The minimum Gasteiger partial charge on any atom is -0.360 e. The van der Waals surface area contributed by atoms with E-state index >= 15 is 0 Å². The summed E-state index contributed by atoms with van der Waals surface area (Å²) in [6, 6.07) is 6.92. The smallest absolute Gasteiger partial charge is 0.322 e. The van der Waals surface area contributed by atoms with E-state index in [0.29, 0.717) is 24.6 Å². The summed E-state index contributed by atoms with van der Waals surface area (Å²) in [5.74, 6) is 0.248. The van der Waals surface area contributed by atoms with Gasteiger partial charge in [0.2, 0.25) is 5.91 Å². The molecule has 0 saturated carbocycles. The fourth-order valence-electron chi connectivity index (χ4n) is 2.20. The molecule has 2 aromatic rings. The van der Waals surface area contributed by atoms with Crippen molar-refractivity contribution >= 4 is 23.4 Å². The van der Waals surface area contributed by atoms with Gasteiger partial charge in [-0.1, -0.05) is 31.1 Å². The third-order valence-electron chi connectivity index (χ3n) is 3.61. The second kappa shape index (κ2) is 8.98. The van der Waals surface area contributed by atoms with Crippen molar-refractivity contribution in [1.29, 1.82) is 0 Å². The minimum atomic E-state index is -0.540. The van der Waals surface area contributed by atoms with Crippen LogP contribution in [0.25, 0.3) is 0 Å². The van der Waals surface area contributed by atoms with Crippen molar-refractivity contribution in [3.8, 4) is 0 Å². The summed E-state index contributed by atoms with van der Waals surface area (Å²) in [5.41, 5.74) is 0.0691. The van der Waals surface area contributed by atoms with Gasteiger partial charge in [-0.15, -0.1) is 0 Å². The van der Waals surface area contributed by atoms with Crippen molar-refractivity contribution in [2.45, 2.75) is 27.2 Å². The summed E-state index contributed by atoms with van der Waals surface area (Å²) >= 11 is 0. The number of nitrogens with zero attached hydrogens (tertiary/aromatic N) is 2. The first-order valence-electron chi connectivity index (χ1n) is 8.38. The molecule has 0 bridgehead atoms. The average Bonchev–Trinajstić information content (AvgIpc) is 2.98. The van der Waals surface area contributed by atoms with Crippen LogP contribution in [0.3, 0.4) is 0 Å². The first-order valence-corrected chi connectivity index (χ1v) is 8.38. The van der Waals surface area contributed by atoms with Crippen LogP contribution in [0.4, 0.5) is 20.7 Å². The molecule has 0 saturated heterocycles. The SMILES string of the molecule is Cc1cc(NC(=O)CN(CCC(C)C)C(=O)Nc2ccccc2F)no1. The molecule has 0 aliphatic heterocycles. The van der Waals surface area contributed by atoms with Crippen LogP contribution >= 0.6 is 0 Å². The molecule has 0 spiro atoms. The quantitative estimate of drug-likeness (QED) is 0.787. The Balaban J connectivity index is 2.02. The molecule has 0 atom stereocenters. The first-order chi connectivity index (χ1) is 12.3. The molecule has 3 amide bonds. The Morgan fingerprint density at radius 3 is 2.62 bits per heavy atom. The summed E-state index contributed by atoms with van der Waals surface area (Å²) in [6.45, 7) is 5.93. The number of para-hydroxylation sites is 1. The molecule has 1 aromatic carbocycles. The van der Waals surface area contributed by atoms with Gasteiger partial charge in [-0.25, -0.2) is 9.18 Å². The maximum absolute atomic E-state index is 13.7. The molecule has 0 aliphatic carbocycles. The van der Waals surface area contributed by atoms with Crippen LogP contribution in [-0.2, 0) is 4.79 Å². The van der Waals surface area contributed by atoms with Crippen LogP contribution in [0.5, 0.6) is 0 Å². The number of aryl methyl sites for hydroxylation is 1. The molecule has 0 unspecified atom stereocenters. The van der Waals surface area contributed by atoms with Gasteiger partial charge in [0, 0.05) is 12.6 Å². The van der Waals surface area contributed by atoms with E-state index in [1.165, 1.54) is 23.1 Å². The van der Waals surface area contributed by atoms with E-state index in [4.69, 9.17) is 4.52 Å². The van der Waals surface area contributed by atoms with E-state index in [1.54, 1.807) is 19.1 Å². The molecule has 1 aromatic heterocycles. The van der Waals surface area contributed by atoms with Crippen molar-refractivity contribution in [1.82, 2.24) is 10.1 Å². The summed E-state index contributed by atoms with van der Waals surface area (Å²) < 4.78 is 18.6. The van der Waals surface area contributed by atoms with E-state index in [0.717, 1.165) is 0 Å². The summed E-state index contributed by atoms with van der Waals surface area (Å²) in [4.78, 5) is 26.1. The van der Waals surface area contributed by atoms with Gasteiger partial charge < -0.3 is 20.1 Å². The Kier molecular flexibility index (Phi) is 6.71. The molecule has 0 fully saturated rings. The van der Waals surface area contributed by atoms with Crippen molar-refractivity contribution in [2.24, 2.45) is 5.92 Å². The van der Waals surface area contributed by atoms with Gasteiger partial charge in [0.25, 0.3) is 0 Å². The number of hydrogen-bond acceptors (Lipinski definition) is 4. The number of carbonyl (C=O) groups is 2. The number of nitrogens with one attached hydrogen (secondary N) is 2. The Bertz CT molecular complexity index is 760. The van der Waals surface area contributed by atoms with Gasteiger partial charge in [-0.2, -0.15) is 0 Å². The Labute approximate surface area is 151 Å². The van der Waals surface area contributed by atoms with Gasteiger partial charge in [-0.3, -0.25) is 4.79 Å². The largest absolute Gasteiger partial charge is 0.360 e. The second-order valence-electron chi connectivity index (χ2n) is 6.39. The number of urea groups is 1. The average molecular weight is 362 g/mol. The van der Waals surface area contributed by atoms with Gasteiger partial charge in [0.1, 0.15) is 18.1 Å². The van der Waals surface area contributed by atoms with Crippen LogP contribution in [0.15, 0.2) is 34.9 Å². The Morgan fingerprint density at radius 1 is 1.27 bits per heavy atom. The lowest BCUT2D eigenvalue weighted by Crippen LogP contribution is -2.41. The van der Waals surface area contributed by atoms with Crippen LogP contribution in [0.1, 0.15) is 26.0 Å². The second-order valence-corrected chi connectivity index (χ2v) is 6.39. The molecule has 0 aliphatic rings. The lowest BCUT2D eigenvalue weighted by Gasteiger charge is -2.23. The van der Waals surface area contributed by atoms with Crippen molar-refractivity contribution in [2.75, 3.05) is 23.7 Å². The monoisotopic (exact) mass is 362 g/mol. The molecule has 140 valence electrons. The molecule has 2 N–H and O–H groups in total. The van der Waals surface area contributed by atoms with E-state index in [-0.39, 0.29) is 18.1 Å². The lowest BCUT2D eigenvalue weighted by atomic mass is 10.1. The number of halogens is 1. The number of hydrogen-bond donors (Lipinski definition) is 2. The highest BCUT2D eigenvalue weighted by Gasteiger charge is 2.19. The van der Waals surface area contributed by atoms with Gasteiger partial charge in [0.15, 0.2) is 5.82 Å². The number of aromatic nitrogens is 1. The zero-order chi connectivity index (χ0) is 19.1. The number of amides is 3. The summed E-state index contributed by atoms with van der Waals surface area (Å²) in [7, 11) is 0. The molecule has 0 radical (unpaired) electrons. The third-order valence-corrected chi connectivity index (χ3v) is 3.61. The zero-order valence-electron chi connectivity index (χ0n) is 15.1. The highest BCUT2D eigenvalue weighted by atomic mass is 19.1. The van der Waals surface area contributed by atoms with Gasteiger partial charge in [-0.05, 0) is 31.4 Å². The van der Waals surface area contributed by atoms with Crippen LogP contribution < -0.4 is 10.6 Å². The molecular formula is C18H23FN4O3. The van der Waals surface area contributed by atoms with E-state index in [2.05, 4.69) is 15.8 Å². The number of benzene rings is 1. The number of anilines is 2. The van der Waals surface area contributed by atoms with Crippen molar-refractivity contribution < 1.29 is 18.5 Å². The zero-order valence-corrected chi connectivity index (χ0v) is 15.1. The van der Waals surface area contributed by atoms with Crippen molar-refractivity contribution in [3.05, 3.63) is 41.9 Å². The molecule has 7 nitrogen and oxygen atoms in total. The maximum Gasteiger partial charge on any atom is 0.322 e. The van der Waals surface area contributed by atoms with Crippen LogP contribution in [0.2, 0.25) is 0 Å². The molecule has 8 heteroatoms. The molecule has 26 heavy (non-hydrogen) atoms. The highest BCUT2D eigenvalue weighted by Crippen LogP contribution is 2.14. The normalized spacial score (nSPS) is 10.7. The standard InChI is InChI=1S/C18H23FN4O3/c1-12(2)8-9-23(11-17(24)21-16-10-13(3)26-22-16)18(25)20-15-7-5-4-6-14(15)19/h4-7,10,12H,8-9,11H2,1-3H3,(H,20,25)(H,21,22,24). The molecular weight excluding hydrogens is 339 g/mol. The van der Waals surface area contributed by atoms with E-state index < -0.39 is 17.8 Å². The summed E-state index contributed by atoms with van der Waals surface area (Å²) in [5, 5.41) is 8.76. The number of carbonyl (C=O) groups excluding carboxylic acids is 2.